The van der Waals surface area contributed by atoms with Crippen molar-refractivity contribution in [3.63, 3.8) is 0 Å². The molecule has 16 heavy (non-hydrogen) atoms. The second-order valence-electron chi connectivity index (χ2n) is 4.24. The van der Waals surface area contributed by atoms with E-state index in [9.17, 15) is 4.79 Å². The summed E-state index contributed by atoms with van der Waals surface area (Å²) in [7, 11) is 0. The first-order chi connectivity index (χ1) is 7.66. The van der Waals surface area contributed by atoms with Gasteiger partial charge in [-0.25, -0.2) is 0 Å². The lowest BCUT2D eigenvalue weighted by Crippen LogP contribution is -2.39. The van der Waals surface area contributed by atoms with Crippen LogP contribution in [-0.4, -0.2) is 25.0 Å². The van der Waals surface area contributed by atoms with Gasteiger partial charge in [0.15, 0.2) is 0 Å². The molecule has 1 fully saturated rings. The summed E-state index contributed by atoms with van der Waals surface area (Å²) in [6.07, 6.45) is 2.00. The van der Waals surface area contributed by atoms with Gasteiger partial charge in [-0.2, -0.15) is 0 Å². The van der Waals surface area contributed by atoms with Gasteiger partial charge in [-0.15, -0.1) is 0 Å². The van der Waals surface area contributed by atoms with Gasteiger partial charge in [0.2, 0.25) is 5.91 Å². The number of carbonyl (C=O) groups excluding carboxylic acids is 1. The molecule has 2 rings (SSSR count). The average Bonchev–Trinajstić information content (AvgIpc) is 2.30. The predicted octanol–water partition coefficient (Wildman–Crippen LogP) is 0.713. The number of anilines is 1. The molecule has 4 nitrogen and oxygen atoms in total. The van der Waals surface area contributed by atoms with Crippen molar-refractivity contribution in [2.45, 2.75) is 18.9 Å². The summed E-state index contributed by atoms with van der Waals surface area (Å²) in [6.45, 7) is 1.90. The number of piperidine rings is 1. The summed E-state index contributed by atoms with van der Waals surface area (Å²) in [4.78, 5) is 13.3. The predicted molar refractivity (Wildman–Crippen MR) is 64.4 cm³/mol. The zero-order chi connectivity index (χ0) is 11.5. The third-order valence-electron chi connectivity index (χ3n) is 3.04. The molecule has 1 aliphatic heterocycles. The van der Waals surface area contributed by atoms with Gasteiger partial charge in [-0.3, -0.25) is 4.79 Å². The fraction of sp³-hybridized carbons (Fsp3) is 0.417. The van der Waals surface area contributed by atoms with Crippen molar-refractivity contribution in [2.24, 2.45) is 11.5 Å². The smallest absolute Gasteiger partial charge is 0.248 e. The minimum absolute atomic E-state index is 0.315. The first-order valence-corrected chi connectivity index (χ1v) is 5.57. The van der Waals surface area contributed by atoms with Crippen LogP contribution in [0.4, 0.5) is 5.69 Å². The monoisotopic (exact) mass is 219 g/mol. The highest BCUT2D eigenvalue weighted by Crippen LogP contribution is 2.20. The third-order valence-corrected chi connectivity index (χ3v) is 3.04. The number of hydrogen-bond acceptors (Lipinski definition) is 3. The van der Waals surface area contributed by atoms with E-state index in [1.54, 1.807) is 6.07 Å². The van der Waals surface area contributed by atoms with E-state index in [0.717, 1.165) is 31.6 Å². The second-order valence-corrected chi connectivity index (χ2v) is 4.24. The number of benzene rings is 1. The average molecular weight is 219 g/mol. The Morgan fingerprint density at radius 1 is 1.31 bits per heavy atom. The van der Waals surface area contributed by atoms with Crippen molar-refractivity contribution in [2.75, 3.05) is 18.0 Å². The van der Waals surface area contributed by atoms with Gasteiger partial charge in [0.25, 0.3) is 0 Å². The first kappa shape index (κ1) is 11.0. The molecule has 4 heteroatoms. The molecule has 0 aliphatic carbocycles. The van der Waals surface area contributed by atoms with Crippen LogP contribution in [0.5, 0.6) is 0 Å². The lowest BCUT2D eigenvalue weighted by molar-refractivity contribution is 0.100. The molecule has 1 aromatic rings. The molecule has 86 valence electrons. The standard InChI is InChI=1S/C12H17N3O/c13-10-4-6-15(7-5-10)11-3-1-2-9(8-11)12(14)16/h1-3,8,10H,4-7,13H2,(H2,14,16). The molecule has 1 aliphatic rings. The summed E-state index contributed by atoms with van der Waals surface area (Å²) in [5, 5.41) is 0. The molecule has 1 saturated heterocycles. The Bertz CT molecular complexity index is 384. The second kappa shape index (κ2) is 4.53. The number of primary amides is 1. The van der Waals surface area contributed by atoms with Gasteiger partial charge >= 0.3 is 0 Å². The summed E-state index contributed by atoms with van der Waals surface area (Å²) in [5.74, 6) is -0.379. The lowest BCUT2D eigenvalue weighted by atomic mass is 10.0. The number of hydrogen-bond donors (Lipinski definition) is 2. The fourth-order valence-corrected chi connectivity index (χ4v) is 2.01. The van der Waals surface area contributed by atoms with Gasteiger partial charge in [0, 0.05) is 30.4 Å². The highest BCUT2D eigenvalue weighted by atomic mass is 16.1. The maximum absolute atomic E-state index is 11.1. The highest BCUT2D eigenvalue weighted by molar-refractivity contribution is 5.93. The number of carbonyl (C=O) groups is 1. The Morgan fingerprint density at radius 3 is 2.62 bits per heavy atom. The van der Waals surface area contributed by atoms with Crippen LogP contribution in [0, 0.1) is 0 Å². The molecule has 1 aromatic carbocycles. The van der Waals surface area contributed by atoms with Crippen LogP contribution in [-0.2, 0) is 0 Å². The van der Waals surface area contributed by atoms with Crippen molar-refractivity contribution in [1.29, 1.82) is 0 Å². The topological polar surface area (TPSA) is 72.4 Å². The summed E-state index contributed by atoms with van der Waals surface area (Å²) < 4.78 is 0. The van der Waals surface area contributed by atoms with E-state index in [2.05, 4.69) is 4.90 Å². The summed E-state index contributed by atoms with van der Waals surface area (Å²) in [5.41, 5.74) is 12.7. The van der Waals surface area contributed by atoms with E-state index in [-0.39, 0.29) is 5.91 Å². The number of rotatable bonds is 2. The van der Waals surface area contributed by atoms with Crippen LogP contribution in [0.25, 0.3) is 0 Å². The highest BCUT2D eigenvalue weighted by Gasteiger charge is 2.16. The Balaban J connectivity index is 2.14. The molecule has 1 amide bonds. The lowest BCUT2D eigenvalue weighted by Gasteiger charge is -2.32. The fourth-order valence-electron chi connectivity index (χ4n) is 2.01. The molecular weight excluding hydrogens is 202 g/mol. The zero-order valence-corrected chi connectivity index (χ0v) is 9.23. The molecule has 4 N–H and O–H groups in total. The normalized spacial score (nSPS) is 17.4. The Kier molecular flexibility index (Phi) is 3.10. The largest absolute Gasteiger partial charge is 0.371 e. The van der Waals surface area contributed by atoms with Crippen LogP contribution in [0.3, 0.4) is 0 Å². The van der Waals surface area contributed by atoms with Gasteiger partial charge in [-0.1, -0.05) is 6.07 Å². The molecule has 0 bridgehead atoms. The maximum Gasteiger partial charge on any atom is 0.248 e. The van der Waals surface area contributed by atoms with Crippen LogP contribution in [0.1, 0.15) is 23.2 Å². The Morgan fingerprint density at radius 2 is 2.00 bits per heavy atom. The van der Waals surface area contributed by atoms with Crippen molar-refractivity contribution in [1.82, 2.24) is 0 Å². The van der Waals surface area contributed by atoms with Crippen LogP contribution in [0.2, 0.25) is 0 Å². The van der Waals surface area contributed by atoms with Crippen molar-refractivity contribution < 1.29 is 4.79 Å². The van der Waals surface area contributed by atoms with E-state index >= 15 is 0 Å². The summed E-state index contributed by atoms with van der Waals surface area (Å²) in [6, 6.07) is 7.77. The van der Waals surface area contributed by atoms with E-state index in [4.69, 9.17) is 11.5 Å². The SMILES string of the molecule is NC(=O)c1cccc(N2CCC(N)CC2)c1. The van der Waals surface area contributed by atoms with E-state index in [1.165, 1.54) is 0 Å². The maximum atomic E-state index is 11.1. The molecule has 0 atom stereocenters. The van der Waals surface area contributed by atoms with E-state index in [1.807, 2.05) is 18.2 Å². The van der Waals surface area contributed by atoms with Gasteiger partial charge in [0.1, 0.15) is 0 Å². The van der Waals surface area contributed by atoms with Crippen molar-refractivity contribution >= 4 is 11.6 Å². The molecule has 0 radical (unpaired) electrons. The van der Waals surface area contributed by atoms with Crippen molar-refractivity contribution in [3.05, 3.63) is 29.8 Å². The Labute approximate surface area is 95.2 Å². The summed E-state index contributed by atoms with van der Waals surface area (Å²) >= 11 is 0. The number of amides is 1. The van der Waals surface area contributed by atoms with Crippen LogP contribution < -0.4 is 16.4 Å². The Hall–Kier alpha value is -1.55. The molecule has 0 aromatic heterocycles. The van der Waals surface area contributed by atoms with Crippen LogP contribution >= 0.6 is 0 Å². The minimum atomic E-state index is -0.379. The van der Waals surface area contributed by atoms with Gasteiger partial charge in [-0.05, 0) is 31.0 Å². The molecule has 0 spiro atoms. The van der Waals surface area contributed by atoms with Gasteiger partial charge < -0.3 is 16.4 Å². The molecule has 1 heterocycles. The van der Waals surface area contributed by atoms with Gasteiger partial charge in [0.05, 0.1) is 0 Å². The molecular formula is C12H17N3O. The number of nitrogens with two attached hydrogens (primary N) is 2. The number of nitrogens with zero attached hydrogens (tertiary/aromatic N) is 1. The van der Waals surface area contributed by atoms with E-state index in [0.29, 0.717) is 11.6 Å². The third kappa shape index (κ3) is 2.33. The molecule has 0 saturated carbocycles. The van der Waals surface area contributed by atoms with Crippen LogP contribution in [0.15, 0.2) is 24.3 Å². The minimum Gasteiger partial charge on any atom is -0.371 e. The quantitative estimate of drug-likeness (QED) is 0.769. The van der Waals surface area contributed by atoms with E-state index < -0.39 is 0 Å². The van der Waals surface area contributed by atoms with Crippen molar-refractivity contribution in [3.8, 4) is 0 Å². The molecule has 0 unspecified atom stereocenters. The zero-order valence-electron chi connectivity index (χ0n) is 9.23. The first-order valence-electron chi connectivity index (χ1n) is 5.57.